The molecule has 0 atom stereocenters. The van der Waals surface area contributed by atoms with E-state index >= 15 is 0 Å². The Bertz CT molecular complexity index is 776. The Morgan fingerprint density at radius 2 is 2.33 bits per heavy atom. The van der Waals surface area contributed by atoms with Crippen LogP contribution in [0.25, 0.3) is 16.7 Å². The predicted molar refractivity (Wildman–Crippen MR) is 86.2 cm³/mol. The van der Waals surface area contributed by atoms with Crippen molar-refractivity contribution in [2.24, 2.45) is 4.99 Å². The molecule has 1 aromatic carbocycles. The largest absolute Gasteiger partial charge is 0.464 e. The Morgan fingerprint density at radius 1 is 1.43 bits per heavy atom. The zero-order valence-electron chi connectivity index (χ0n) is 11.8. The first kappa shape index (κ1) is 13.0. The number of benzene rings is 1. The molecule has 5 heteroatoms. The number of thioether (sulfide) groups is 1. The van der Waals surface area contributed by atoms with Crippen LogP contribution in [-0.2, 0) is 0 Å². The number of aliphatic hydroxyl groups excluding tert-OH is 1. The fourth-order valence-corrected chi connectivity index (χ4v) is 4.20. The summed E-state index contributed by atoms with van der Waals surface area (Å²) in [6.45, 7) is 4.02. The van der Waals surface area contributed by atoms with E-state index in [4.69, 9.17) is 4.42 Å². The molecule has 2 aliphatic rings. The first-order chi connectivity index (χ1) is 10.3. The fourth-order valence-electron chi connectivity index (χ4n) is 3.02. The number of rotatable bonds is 3. The Morgan fingerprint density at radius 3 is 3.19 bits per heavy atom. The fraction of sp³-hybridized carbons (Fsp3) is 0.312. The van der Waals surface area contributed by atoms with Gasteiger partial charge >= 0.3 is 0 Å². The van der Waals surface area contributed by atoms with E-state index in [0.29, 0.717) is 6.42 Å². The third kappa shape index (κ3) is 2.00. The molecule has 0 fully saturated rings. The van der Waals surface area contributed by atoms with Crippen molar-refractivity contribution < 1.29 is 9.52 Å². The highest BCUT2D eigenvalue weighted by Crippen LogP contribution is 2.43. The number of aliphatic imine (C=N–C) groups is 1. The monoisotopic (exact) mass is 300 g/mol. The van der Waals surface area contributed by atoms with Crippen LogP contribution in [0.5, 0.6) is 0 Å². The minimum Gasteiger partial charge on any atom is -0.464 e. The molecule has 2 aliphatic heterocycles. The van der Waals surface area contributed by atoms with Gasteiger partial charge in [-0.05, 0) is 30.7 Å². The number of hydrogen-bond acceptors (Lipinski definition) is 5. The number of furan rings is 1. The highest BCUT2D eigenvalue weighted by Gasteiger charge is 2.32. The molecule has 0 saturated heterocycles. The molecule has 4 nitrogen and oxygen atoms in total. The lowest BCUT2D eigenvalue weighted by molar-refractivity contribution is 0.301. The van der Waals surface area contributed by atoms with Gasteiger partial charge in [0.2, 0.25) is 0 Å². The van der Waals surface area contributed by atoms with E-state index < -0.39 is 0 Å². The van der Waals surface area contributed by atoms with Crippen LogP contribution >= 0.6 is 11.8 Å². The van der Waals surface area contributed by atoms with Gasteiger partial charge in [-0.3, -0.25) is 4.99 Å². The van der Waals surface area contributed by atoms with Crippen molar-refractivity contribution in [3.05, 3.63) is 40.5 Å². The van der Waals surface area contributed by atoms with Crippen molar-refractivity contribution in [2.75, 3.05) is 19.7 Å². The Balaban J connectivity index is 1.87. The molecule has 108 valence electrons. The van der Waals surface area contributed by atoms with E-state index in [1.54, 1.807) is 18.0 Å². The summed E-state index contributed by atoms with van der Waals surface area (Å²) < 4.78 is 5.53. The highest BCUT2D eigenvalue weighted by atomic mass is 32.2. The molecule has 1 N–H and O–H groups in total. The summed E-state index contributed by atoms with van der Waals surface area (Å²) in [5.41, 5.74) is 4.47. The van der Waals surface area contributed by atoms with Crippen LogP contribution < -0.4 is 0 Å². The Hall–Kier alpha value is -1.72. The molecule has 0 aliphatic carbocycles. The van der Waals surface area contributed by atoms with Gasteiger partial charge < -0.3 is 14.4 Å². The molecular weight excluding hydrogens is 284 g/mol. The lowest BCUT2D eigenvalue weighted by Gasteiger charge is -2.18. The highest BCUT2D eigenvalue weighted by molar-refractivity contribution is 8.17. The van der Waals surface area contributed by atoms with E-state index in [2.05, 4.69) is 28.9 Å². The van der Waals surface area contributed by atoms with Gasteiger partial charge in [0.15, 0.2) is 5.17 Å². The van der Waals surface area contributed by atoms with Gasteiger partial charge in [-0.2, -0.15) is 0 Å². The minimum absolute atomic E-state index is 0.167. The third-order valence-electron chi connectivity index (χ3n) is 3.90. The van der Waals surface area contributed by atoms with Gasteiger partial charge in [-0.1, -0.05) is 11.8 Å². The number of hydrogen-bond donors (Lipinski definition) is 1. The number of nitrogens with zero attached hydrogens (tertiary/aromatic N) is 2. The van der Waals surface area contributed by atoms with E-state index in [1.165, 1.54) is 16.2 Å². The number of aryl methyl sites for hydroxylation is 1. The van der Waals surface area contributed by atoms with Crippen LogP contribution in [0.2, 0.25) is 0 Å². The maximum absolute atomic E-state index is 9.33. The van der Waals surface area contributed by atoms with Crippen LogP contribution in [0.1, 0.15) is 17.5 Å². The van der Waals surface area contributed by atoms with Crippen molar-refractivity contribution in [3.63, 3.8) is 0 Å². The zero-order chi connectivity index (χ0) is 14.4. The van der Waals surface area contributed by atoms with Gasteiger partial charge in [-0.25, -0.2) is 0 Å². The second kappa shape index (κ2) is 4.93. The SMILES string of the molecule is Cc1cc(C2=C(CCO)SC3=NCCN32)cc2ccoc12. The first-order valence-electron chi connectivity index (χ1n) is 7.10. The van der Waals surface area contributed by atoms with Crippen molar-refractivity contribution >= 4 is 33.6 Å². The van der Waals surface area contributed by atoms with E-state index in [1.807, 2.05) is 6.07 Å². The summed E-state index contributed by atoms with van der Waals surface area (Å²) in [7, 11) is 0. The first-order valence-corrected chi connectivity index (χ1v) is 7.91. The summed E-state index contributed by atoms with van der Waals surface area (Å²) in [6.07, 6.45) is 2.41. The lowest BCUT2D eigenvalue weighted by Crippen LogP contribution is -2.20. The van der Waals surface area contributed by atoms with Crippen molar-refractivity contribution in [1.82, 2.24) is 4.90 Å². The predicted octanol–water partition coefficient (Wildman–Crippen LogP) is 3.21. The van der Waals surface area contributed by atoms with E-state index in [0.717, 1.165) is 34.8 Å². The van der Waals surface area contributed by atoms with Crippen molar-refractivity contribution in [2.45, 2.75) is 13.3 Å². The van der Waals surface area contributed by atoms with Crippen molar-refractivity contribution in [1.29, 1.82) is 0 Å². The van der Waals surface area contributed by atoms with Crippen LogP contribution in [0.15, 0.2) is 38.8 Å². The van der Waals surface area contributed by atoms with Crippen LogP contribution in [-0.4, -0.2) is 34.9 Å². The van der Waals surface area contributed by atoms with Crippen LogP contribution in [0.3, 0.4) is 0 Å². The van der Waals surface area contributed by atoms with E-state index in [-0.39, 0.29) is 6.61 Å². The lowest BCUT2D eigenvalue weighted by atomic mass is 10.0. The normalized spacial score (nSPS) is 17.8. The van der Waals surface area contributed by atoms with Crippen LogP contribution in [0.4, 0.5) is 0 Å². The molecule has 0 unspecified atom stereocenters. The van der Waals surface area contributed by atoms with Gasteiger partial charge in [-0.15, -0.1) is 0 Å². The molecule has 0 spiro atoms. The van der Waals surface area contributed by atoms with Gasteiger partial charge in [0.25, 0.3) is 0 Å². The van der Waals surface area contributed by atoms with Crippen LogP contribution in [0, 0.1) is 6.92 Å². The third-order valence-corrected chi connectivity index (χ3v) is 5.08. The summed E-state index contributed by atoms with van der Waals surface area (Å²) in [5.74, 6) is 0. The zero-order valence-corrected chi connectivity index (χ0v) is 12.6. The molecule has 21 heavy (non-hydrogen) atoms. The Kier molecular flexibility index (Phi) is 3.05. The number of aliphatic hydroxyl groups is 1. The number of fused-ring (bicyclic) bond motifs is 2. The molecule has 2 aromatic rings. The molecule has 3 heterocycles. The van der Waals surface area contributed by atoms with Crippen molar-refractivity contribution in [3.8, 4) is 0 Å². The minimum atomic E-state index is 0.167. The summed E-state index contributed by atoms with van der Waals surface area (Å²) >= 11 is 1.69. The van der Waals surface area contributed by atoms with Gasteiger partial charge in [0.1, 0.15) is 5.58 Å². The molecular formula is C16H16N2O2S. The van der Waals surface area contributed by atoms with Gasteiger partial charge in [0.05, 0.1) is 18.5 Å². The molecule has 1 aromatic heterocycles. The maximum Gasteiger partial charge on any atom is 0.168 e. The Labute approximate surface area is 127 Å². The topological polar surface area (TPSA) is 49.0 Å². The van der Waals surface area contributed by atoms with E-state index in [9.17, 15) is 5.11 Å². The van der Waals surface area contributed by atoms with Gasteiger partial charge in [0, 0.05) is 35.4 Å². The summed E-state index contributed by atoms with van der Waals surface area (Å²) in [4.78, 5) is 8.03. The average molecular weight is 300 g/mol. The quantitative estimate of drug-likeness (QED) is 0.945. The molecule has 0 amide bonds. The summed E-state index contributed by atoms with van der Waals surface area (Å²) in [5, 5.41) is 11.5. The average Bonchev–Trinajstić information content (AvgIpc) is 3.13. The standard InChI is InChI=1S/C16H16N2O2S/c1-10-8-12(9-11-3-7-20-15(10)11)14-13(2-6-19)21-16-17-4-5-18(14)16/h3,7-9,19H,2,4-6H2,1H3. The second-order valence-electron chi connectivity index (χ2n) is 5.30. The molecule has 0 saturated carbocycles. The maximum atomic E-state index is 9.33. The molecule has 0 radical (unpaired) electrons. The smallest absolute Gasteiger partial charge is 0.168 e. The molecule has 0 bridgehead atoms. The molecule has 4 rings (SSSR count). The number of amidine groups is 1. The second-order valence-corrected chi connectivity index (χ2v) is 6.36. The summed E-state index contributed by atoms with van der Waals surface area (Å²) in [6, 6.07) is 6.33.